The molecule has 0 unspecified atom stereocenters. The van der Waals surface area contributed by atoms with Gasteiger partial charge in [-0.25, -0.2) is 4.99 Å². The molecule has 0 spiro atoms. The van der Waals surface area contributed by atoms with Gasteiger partial charge in [-0.15, -0.1) is 11.3 Å². The largest absolute Gasteiger partial charge is 0.508 e. The van der Waals surface area contributed by atoms with Gasteiger partial charge in [0, 0.05) is 34.0 Å². The van der Waals surface area contributed by atoms with Crippen molar-refractivity contribution in [3.05, 3.63) is 45.4 Å². The molecule has 0 bridgehead atoms. The normalized spacial score (nSPS) is 20.2. The molecule has 0 amide bonds. The van der Waals surface area contributed by atoms with Gasteiger partial charge in [0.25, 0.3) is 0 Å². The van der Waals surface area contributed by atoms with Crippen molar-refractivity contribution in [2.75, 3.05) is 13.1 Å². The minimum absolute atomic E-state index is 0.169. The van der Waals surface area contributed by atoms with Crippen molar-refractivity contribution in [3.8, 4) is 0 Å². The van der Waals surface area contributed by atoms with Gasteiger partial charge in [0.05, 0.1) is 0 Å². The second kappa shape index (κ2) is 7.43. The van der Waals surface area contributed by atoms with Crippen LogP contribution in [0.3, 0.4) is 0 Å². The van der Waals surface area contributed by atoms with Gasteiger partial charge in [-0.1, -0.05) is 32.6 Å². The van der Waals surface area contributed by atoms with E-state index in [4.69, 9.17) is 0 Å². The van der Waals surface area contributed by atoms with E-state index in [0.717, 1.165) is 47.8 Å². The molecule has 26 heavy (non-hydrogen) atoms. The maximum absolute atomic E-state index is 10.5. The van der Waals surface area contributed by atoms with Gasteiger partial charge in [0.2, 0.25) is 0 Å². The average Bonchev–Trinajstić information content (AvgIpc) is 3.21. The summed E-state index contributed by atoms with van der Waals surface area (Å²) in [6.07, 6.45) is 9.76. The summed E-state index contributed by atoms with van der Waals surface area (Å²) < 4.78 is 0. The lowest BCUT2D eigenvalue weighted by Crippen LogP contribution is -2.21. The highest BCUT2D eigenvalue weighted by Crippen LogP contribution is 2.46. The minimum atomic E-state index is 0.169. The molecule has 0 atom stereocenters. The van der Waals surface area contributed by atoms with Gasteiger partial charge < -0.3 is 10.0 Å². The molecule has 1 saturated heterocycles. The quantitative estimate of drug-likeness (QED) is 0.402. The van der Waals surface area contributed by atoms with Crippen molar-refractivity contribution in [3.63, 3.8) is 0 Å². The Balaban J connectivity index is 2.21. The molecule has 2 aliphatic rings. The maximum Gasteiger partial charge on any atom is 0.136 e. The predicted molar refractivity (Wildman–Crippen MR) is 114 cm³/mol. The fraction of sp³-hybridized carbons (Fsp3) is 0.500. The molecule has 3 nitrogen and oxygen atoms in total. The standard InChI is InChI=1S/C22H30N2OS/c1-6-9-16(21(23-5)24-12-7-8-13-24)20-19(15(2)25)17-14-22(3,4)11-10-18(17)26-20/h6,9,25H,2,5,7-8,10-14H2,1,3-4H3/b9-6-,21-16-. The van der Waals surface area contributed by atoms with E-state index >= 15 is 0 Å². The van der Waals surface area contributed by atoms with Gasteiger partial charge in [-0.05, 0) is 56.7 Å². The zero-order chi connectivity index (χ0) is 18.9. The number of aliphatic hydroxyl groups is 1. The number of thiophene rings is 1. The van der Waals surface area contributed by atoms with Gasteiger partial charge in [-0.3, -0.25) is 0 Å². The lowest BCUT2D eigenvalue weighted by molar-refractivity contribution is 0.317. The number of hydrogen-bond donors (Lipinski definition) is 1. The van der Waals surface area contributed by atoms with E-state index in [-0.39, 0.29) is 11.2 Å². The molecular formula is C22H30N2OS. The summed E-state index contributed by atoms with van der Waals surface area (Å²) in [6.45, 7) is 16.4. The third-order valence-electron chi connectivity index (χ3n) is 5.44. The Labute approximate surface area is 161 Å². The van der Waals surface area contributed by atoms with Gasteiger partial charge >= 0.3 is 0 Å². The Morgan fingerprint density at radius 3 is 2.58 bits per heavy atom. The number of likely N-dealkylation sites (tertiary alicyclic amines) is 1. The summed E-state index contributed by atoms with van der Waals surface area (Å²) in [5.74, 6) is 1.10. The van der Waals surface area contributed by atoms with Crippen LogP contribution in [0.2, 0.25) is 0 Å². The van der Waals surface area contributed by atoms with Gasteiger partial charge in [0.15, 0.2) is 0 Å². The number of aliphatic imine (C=N–C) groups is 1. The SMILES string of the molecule is C=N/C(=C(\C=C/C)c1sc2c(c1C(=C)O)CC(C)(C)CC2)N1CCCC1. The summed E-state index contributed by atoms with van der Waals surface area (Å²) in [5, 5.41) is 10.5. The van der Waals surface area contributed by atoms with E-state index in [1.54, 1.807) is 11.3 Å². The summed E-state index contributed by atoms with van der Waals surface area (Å²) >= 11 is 1.80. The van der Waals surface area contributed by atoms with Crippen LogP contribution in [0.1, 0.15) is 60.9 Å². The first kappa shape index (κ1) is 19.0. The number of nitrogens with zero attached hydrogens (tertiary/aromatic N) is 2. The molecule has 1 fully saturated rings. The average molecular weight is 371 g/mol. The van der Waals surface area contributed by atoms with E-state index in [1.165, 1.54) is 29.7 Å². The molecule has 1 aliphatic heterocycles. The van der Waals surface area contributed by atoms with Crippen LogP contribution < -0.4 is 0 Å². The number of aliphatic hydroxyl groups excluding tert-OH is 1. The number of aryl methyl sites for hydroxylation is 1. The van der Waals surface area contributed by atoms with Crippen LogP contribution in [0.4, 0.5) is 0 Å². The van der Waals surface area contributed by atoms with Gasteiger partial charge in [0.1, 0.15) is 11.6 Å². The van der Waals surface area contributed by atoms with Crippen LogP contribution >= 0.6 is 11.3 Å². The Bertz CT molecular complexity index is 776. The van der Waals surface area contributed by atoms with Crippen molar-refractivity contribution in [1.82, 2.24) is 4.90 Å². The number of hydrogen-bond acceptors (Lipinski definition) is 4. The molecule has 3 rings (SSSR count). The van der Waals surface area contributed by atoms with Crippen LogP contribution in [0, 0.1) is 5.41 Å². The second-order valence-electron chi connectivity index (χ2n) is 8.09. The van der Waals surface area contributed by atoms with E-state index < -0.39 is 0 Å². The van der Waals surface area contributed by atoms with Crippen molar-refractivity contribution >= 4 is 29.4 Å². The highest BCUT2D eigenvalue weighted by molar-refractivity contribution is 7.13. The Kier molecular flexibility index (Phi) is 5.42. The first-order valence-corrected chi connectivity index (χ1v) is 10.3. The molecule has 0 aromatic carbocycles. The van der Waals surface area contributed by atoms with E-state index in [0.29, 0.717) is 0 Å². The number of fused-ring (bicyclic) bond motifs is 1. The highest BCUT2D eigenvalue weighted by Gasteiger charge is 2.32. The second-order valence-corrected chi connectivity index (χ2v) is 9.19. The lowest BCUT2D eigenvalue weighted by Gasteiger charge is -2.30. The van der Waals surface area contributed by atoms with Gasteiger partial charge in [-0.2, -0.15) is 0 Å². The van der Waals surface area contributed by atoms with Crippen LogP contribution in [0.15, 0.2) is 29.5 Å². The van der Waals surface area contributed by atoms with Crippen LogP contribution in [0.25, 0.3) is 11.3 Å². The molecule has 1 aliphatic carbocycles. The molecule has 140 valence electrons. The van der Waals surface area contributed by atoms with E-state index in [2.05, 4.69) is 43.1 Å². The fourth-order valence-corrected chi connectivity index (χ4v) is 5.48. The van der Waals surface area contributed by atoms with Crippen LogP contribution in [0.5, 0.6) is 0 Å². The summed E-state index contributed by atoms with van der Waals surface area (Å²) in [6, 6.07) is 0. The summed E-state index contributed by atoms with van der Waals surface area (Å²) in [4.78, 5) is 9.19. The first-order chi connectivity index (χ1) is 12.4. The van der Waals surface area contributed by atoms with Crippen molar-refractivity contribution in [2.24, 2.45) is 10.4 Å². The molecule has 0 radical (unpaired) electrons. The van der Waals surface area contributed by atoms with E-state index in [1.807, 2.05) is 13.0 Å². The number of rotatable bonds is 5. The topological polar surface area (TPSA) is 35.8 Å². The Hall–Kier alpha value is -1.81. The van der Waals surface area contributed by atoms with Crippen molar-refractivity contribution in [1.29, 1.82) is 0 Å². The highest BCUT2D eigenvalue weighted by atomic mass is 32.1. The zero-order valence-electron chi connectivity index (χ0n) is 16.3. The van der Waals surface area contributed by atoms with Crippen molar-refractivity contribution < 1.29 is 5.11 Å². The predicted octanol–water partition coefficient (Wildman–Crippen LogP) is 5.83. The minimum Gasteiger partial charge on any atom is -0.508 e. The molecule has 1 aromatic rings. The molecule has 2 heterocycles. The van der Waals surface area contributed by atoms with E-state index in [9.17, 15) is 5.11 Å². The first-order valence-electron chi connectivity index (χ1n) is 9.49. The maximum atomic E-state index is 10.5. The molecule has 0 saturated carbocycles. The summed E-state index contributed by atoms with van der Waals surface area (Å²) in [5.41, 5.74) is 3.52. The Morgan fingerprint density at radius 1 is 1.31 bits per heavy atom. The lowest BCUT2D eigenvalue weighted by atomic mass is 9.75. The van der Waals surface area contributed by atoms with Crippen molar-refractivity contribution in [2.45, 2.75) is 52.9 Å². The summed E-state index contributed by atoms with van der Waals surface area (Å²) in [7, 11) is 0. The smallest absolute Gasteiger partial charge is 0.136 e. The van der Waals surface area contributed by atoms with Crippen LogP contribution in [-0.2, 0) is 12.8 Å². The molecular weight excluding hydrogens is 340 g/mol. The third-order valence-corrected chi connectivity index (χ3v) is 6.76. The molecule has 1 aromatic heterocycles. The monoisotopic (exact) mass is 370 g/mol. The molecule has 4 heteroatoms. The Morgan fingerprint density at radius 2 is 2.00 bits per heavy atom. The zero-order valence-corrected chi connectivity index (χ0v) is 17.1. The van der Waals surface area contributed by atoms with Crippen LogP contribution in [-0.4, -0.2) is 29.8 Å². The molecule has 1 N–H and O–H groups in total. The third kappa shape index (κ3) is 3.52. The fourth-order valence-electron chi connectivity index (χ4n) is 4.12. The number of allylic oxidation sites excluding steroid dienone is 3.